The molecule has 0 amide bonds. The summed E-state index contributed by atoms with van der Waals surface area (Å²) in [6, 6.07) is 0. The van der Waals surface area contributed by atoms with Gasteiger partial charge >= 0.3 is 0 Å². The largest absolute Gasteiger partial charge is 0.501 e. The van der Waals surface area contributed by atoms with Crippen LogP contribution in [0.5, 0.6) is 0 Å². The van der Waals surface area contributed by atoms with Crippen LogP contribution in [-0.4, -0.2) is 20.7 Å². The number of hydrogen-bond acceptors (Lipinski definition) is 2. The first kappa shape index (κ1) is 8.60. The van der Waals surface area contributed by atoms with E-state index in [0.717, 1.165) is 18.7 Å². The van der Waals surface area contributed by atoms with Crippen LogP contribution < -0.4 is 5.32 Å². The minimum absolute atomic E-state index is 0.684. The predicted molar refractivity (Wildman–Crippen MR) is 46.4 cm³/mol. The zero-order valence-electron chi connectivity index (χ0n) is 7.39. The normalized spacial score (nSPS) is 24.5. The highest BCUT2D eigenvalue weighted by Gasteiger charge is 2.12. The highest BCUT2D eigenvalue weighted by atomic mass is 16.5. The number of rotatable bonds is 3. The summed E-state index contributed by atoms with van der Waals surface area (Å²) in [6.45, 7) is 1.08. The van der Waals surface area contributed by atoms with Gasteiger partial charge in [0.2, 0.25) is 0 Å². The third-order valence-electron chi connectivity index (χ3n) is 2.15. The van der Waals surface area contributed by atoms with Gasteiger partial charge in [0.05, 0.1) is 12.9 Å². The molecular formula is C9H17NO. The Bertz CT molecular complexity index is 142. The second kappa shape index (κ2) is 4.39. The Labute approximate surface area is 68.6 Å². The molecule has 0 fully saturated rings. The first-order valence-corrected chi connectivity index (χ1v) is 4.26. The summed E-state index contributed by atoms with van der Waals surface area (Å²) in [6.07, 6.45) is 5.94. The van der Waals surface area contributed by atoms with Crippen molar-refractivity contribution in [2.24, 2.45) is 5.92 Å². The van der Waals surface area contributed by atoms with E-state index in [1.807, 2.05) is 7.05 Å². The van der Waals surface area contributed by atoms with Gasteiger partial charge in [-0.3, -0.25) is 0 Å². The highest BCUT2D eigenvalue weighted by molar-refractivity contribution is 5.01. The third kappa shape index (κ3) is 2.54. The van der Waals surface area contributed by atoms with E-state index in [1.54, 1.807) is 7.11 Å². The van der Waals surface area contributed by atoms with E-state index >= 15 is 0 Å². The summed E-state index contributed by atoms with van der Waals surface area (Å²) in [7, 11) is 3.75. The second-order valence-corrected chi connectivity index (χ2v) is 3.05. The smallest absolute Gasteiger partial charge is 0.0918 e. The molecular weight excluding hydrogens is 138 g/mol. The SMILES string of the molecule is CNCC1C=C(OC)CCC1. The van der Waals surface area contributed by atoms with Crippen molar-refractivity contribution in [1.82, 2.24) is 5.32 Å². The molecule has 1 unspecified atom stereocenters. The molecule has 64 valence electrons. The van der Waals surface area contributed by atoms with E-state index in [2.05, 4.69) is 11.4 Å². The van der Waals surface area contributed by atoms with Crippen LogP contribution in [0.1, 0.15) is 19.3 Å². The van der Waals surface area contributed by atoms with Gasteiger partial charge in [0.25, 0.3) is 0 Å². The Morgan fingerprint density at radius 3 is 3.18 bits per heavy atom. The van der Waals surface area contributed by atoms with E-state index in [4.69, 9.17) is 4.74 Å². The average Bonchev–Trinajstić information content (AvgIpc) is 2.06. The van der Waals surface area contributed by atoms with Crippen LogP contribution in [0.2, 0.25) is 0 Å². The van der Waals surface area contributed by atoms with E-state index in [9.17, 15) is 0 Å². The zero-order valence-corrected chi connectivity index (χ0v) is 7.39. The third-order valence-corrected chi connectivity index (χ3v) is 2.15. The fourth-order valence-electron chi connectivity index (χ4n) is 1.56. The molecule has 1 aliphatic rings. The zero-order chi connectivity index (χ0) is 8.10. The Kier molecular flexibility index (Phi) is 3.43. The summed E-state index contributed by atoms with van der Waals surface area (Å²) in [5.74, 6) is 1.85. The van der Waals surface area contributed by atoms with Crippen molar-refractivity contribution < 1.29 is 4.74 Å². The van der Waals surface area contributed by atoms with Crippen molar-refractivity contribution in [2.75, 3.05) is 20.7 Å². The lowest BCUT2D eigenvalue weighted by Gasteiger charge is -2.19. The molecule has 1 atom stereocenters. The van der Waals surface area contributed by atoms with Crippen LogP contribution in [0.3, 0.4) is 0 Å². The lowest BCUT2D eigenvalue weighted by molar-refractivity contribution is 0.257. The fourth-order valence-corrected chi connectivity index (χ4v) is 1.56. The van der Waals surface area contributed by atoms with Crippen molar-refractivity contribution in [2.45, 2.75) is 19.3 Å². The van der Waals surface area contributed by atoms with Crippen molar-refractivity contribution in [3.8, 4) is 0 Å². The van der Waals surface area contributed by atoms with Gasteiger partial charge in [-0.15, -0.1) is 0 Å². The molecule has 2 nitrogen and oxygen atoms in total. The molecule has 0 aromatic heterocycles. The van der Waals surface area contributed by atoms with E-state index in [1.165, 1.54) is 12.8 Å². The van der Waals surface area contributed by atoms with Crippen LogP contribution in [0.25, 0.3) is 0 Å². The predicted octanol–water partition coefficient (Wildman–Crippen LogP) is 1.54. The molecule has 0 heterocycles. The van der Waals surface area contributed by atoms with Gasteiger partial charge in [0.15, 0.2) is 0 Å². The van der Waals surface area contributed by atoms with E-state index in [0.29, 0.717) is 5.92 Å². The minimum atomic E-state index is 0.684. The Morgan fingerprint density at radius 2 is 2.55 bits per heavy atom. The van der Waals surface area contributed by atoms with Crippen molar-refractivity contribution >= 4 is 0 Å². The maximum Gasteiger partial charge on any atom is 0.0918 e. The first-order valence-electron chi connectivity index (χ1n) is 4.26. The molecule has 1 N–H and O–H groups in total. The minimum Gasteiger partial charge on any atom is -0.501 e. The summed E-state index contributed by atoms with van der Waals surface area (Å²) in [4.78, 5) is 0. The maximum atomic E-state index is 5.20. The quantitative estimate of drug-likeness (QED) is 0.667. The molecule has 0 saturated heterocycles. The Morgan fingerprint density at radius 1 is 1.73 bits per heavy atom. The molecule has 0 spiro atoms. The second-order valence-electron chi connectivity index (χ2n) is 3.05. The summed E-state index contributed by atoms with van der Waals surface area (Å²) in [5.41, 5.74) is 0. The maximum absolute atomic E-state index is 5.20. The van der Waals surface area contributed by atoms with Gasteiger partial charge in [0, 0.05) is 13.0 Å². The van der Waals surface area contributed by atoms with Crippen LogP contribution in [-0.2, 0) is 4.74 Å². The molecule has 0 radical (unpaired) electrons. The van der Waals surface area contributed by atoms with Crippen LogP contribution in [0, 0.1) is 5.92 Å². The van der Waals surface area contributed by atoms with Gasteiger partial charge in [-0.1, -0.05) is 0 Å². The van der Waals surface area contributed by atoms with Gasteiger partial charge in [0.1, 0.15) is 0 Å². The summed E-state index contributed by atoms with van der Waals surface area (Å²) >= 11 is 0. The molecule has 2 heteroatoms. The number of ether oxygens (including phenoxy) is 1. The van der Waals surface area contributed by atoms with Crippen LogP contribution in [0.15, 0.2) is 11.8 Å². The van der Waals surface area contributed by atoms with Crippen molar-refractivity contribution in [1.29, 1.82) is 0 Å². The molecule has 0 aromatic rings. The standard InChI is InChI=1S/C9H17NO/c1-10-7-8-4-3-5-9(6-8)11-2/h6,8,10H,3-5,7H2,1-2H3. The lowest BCUT2D eigenvalue weighted by Crippen LogP contribution is -2.19. The average molecular weight is 155 g/mol. The molecule has 0 saturated carbocycles. The molecule has 0 aliphatic heterocycles. The van der Waals surface area contributed by atoms with Gasteiger partial charge < -0.3 is 10.1 Å². The van der Waals surface area contributed by atoms with Gasteiger partial charge in [-0.2, -0.15) is 0 Å². The van der Waals surface area contributed by atoms with E-state index < -0.39 is 0 Å². The molecule has 1 aliphatic carbocycles. The van der Waals surface area contributed by atoms with Crippen molar-refractivity contribution in [3.05, 3.63) is 11.8 Å². The summed E-state index contributed by atoms with van der Waals surface area (Å²) in [5, 5.41) is 3.18. The number of allylic oxidation sites excluding steroid dienone is 1. The van der Waals surface area contributed by atoms with Gasteiger partial charge in [-0.05, 0) is 31.9 Å². The lowest BCUT2D eigenvalue weighted by atomic mass is 9.95. The van der Waals surface area contributed by atoms with Crippen LogP contribution >= 0.6 is 0 Å². The monoisotopic (exact) mass is 155 g/mol. The number of methoxy groups -OCH3 is 1. The summed E-state index contributed by atoms with van der Waals surface area (Å²) < 4.78 is 5.20. The number of nitrogens with one attached hydrogen (secondary N) is 1. The van der Waals surface area contributed by atoms with Gasteiger partial charge in [-0.25, -0.2) is 0 Å². The highest BCUT2D eigenvalue weighted by Crippen LogP contribution is 2.22. The van der Waals surface area contributed by atoms with Crippen molar-refractivity contribution in [3.63, 3.8) is 0 Å². The van der Waals surface area contributed by atoms with E-state index in [-0.39, 0.29) is 0 Å². The Balaban J connectivity index is 2.41. The Hall–Kier alpha value is -0.500. The van der Waals surface area contributed by atoms with Crippen LogP contribution in [0.4, 0.5) is 0 Å². The first-order chi connectivity index (χ1) is 5.36. The molecule has 1 rings (SSSR count). The number of hydrogen-bond donors (Lipinski definition) is 1. The topological polar surface area (TPSA) is 21.3 Å². The molecule has 0 bridgehead atoms. The molecule has 0 aromatic carbocycles. The molecule has 11 heavy (non-hydrogen) atoms. The fraction of sp³-hybridized carbons (Fsp3) is 0.778.